The van der Waals surface area contributed by atoms with Crippen molar-refractivity contribution < 1.29 is 14.0 Å². The van der Waals surface area contributed by atoms with Crippen LogP contribution < -0.4 is 16.4 Å². The second-order valence-electron chi connectivity index (χ2n) is 7.15. The van der Waals surface area contributed by atoms with Crippen LogP contribution >= 0.6 is 24.0 Å². The van der Waals surface area contributed by atoms with Crippen molar-refractivity contribution in [3.8, 4) is 0 Å². The Morgan fingerprint density at radius 2 is 2.03 bits per heavy atom. The van der Waals surface area contributed by atoms with Gasteiger partial charge in [-0.2, -0.15) is 0 Å². The topological polar surface area (TPSA) is 113 Å². The maximum absolute atomic E-state index is 12.0. The lowest BCUT2D eigenvalue weighted by Gasteiger charge is -2.34. The van der Waals surface area contributed by atoms with Gasteiger partial charge in [0.05, 0.1) is 6.26 Å². The molecule has 162 valence electrons. The highest BCUT2D eigenvalue weighted by Crippen LogP contribution is 2.19. The monoisotopic (exact) mass is 525 g/mol. The highest BCUT2D eigenvalue weighted by Gasteiger charge is 2.23. The molecule has 1 aromatic carbocycles. The number of piperidine rings is 1. The molecule has 1 saturated heterocycles. The standard InChI is InChI=1S/C21H27N5O3.HI/c1-23-21(26-10-2-4-16(14-26)12-19(22)27)24-13-15-6-8-17(9-7-15)25-20(28)18-5-3-11-29-18;/h3,5-9,11,16H,2,4,10,12-14H2,1H3,(H2,22,27)(H,23,24)(H,25,28);1H. The van der Waals surface area contributed by atoms with E-state index in [1.54, 1.807) is 19.2 Å². The molecule has 1 unspecified atom stereocenters. The summed E-state index contributed by atoms with van der Waals surface area (Å²) in [5.74, 6) is 0.831. The summed E-state index contributed by atoms with van der Waals surface area (Å²) in [5.41, 5.74) is 7.11. The lowest BCUT2D eigenvalue weighted by atomic mass is 9.95. The first-order valence-electron chi connectivity index (χ1n) is 9.73. The summed E-state index contributed by atoms with van der Waals surface area (Å²) in [6.45, 7) is 2.29. The Balaban J connectivity index is 0.00000320. The van der Waals surface area contributed by atoms with Gasteiger partial charge in [0.2, 0.25) is 5.91 Å². The molecular formula is C21H28IN5O3. The molecule has 1 aromatic heterocycles. The molecule has 1 aliphatic heterocycles. The number of rotatable bonds is 6. The number of amides is 2. The number of nitrogens with two attached hydrogens (primary N) is 1. The van der Waals surface area contributed by atoms with Crippen molar-refractivity contribution >= 4 is 47.4 Å². The third-order valence-electron chi connectivity index (χ3n) is 4.93. The molecule has 3 rings (SSSR count). The number of halogens is 1. The minimum atomic E-state index is -0.281. The van der Waals surface area contributed by atoms with Crippen LogP contribution in [0.3, 0.4) is 0 Å². The average molecular weight is 525 g/mol. The number of carbonyl (C=O) groups excluding carboxylic acids is 2. The third-order valence-corrected chi connectivity index (χ3v) is 4.93. The van der Waals surface area contributed by atoms with Gasteiger partial charge in [-0.15, -0.1) is 24.0 Å². The van der Waals surface area contributed by atoms with E-state index in [-0.39, 0.29) is 47.5 Å². The van der Waals surface area contributed by atoms with E-state index in [1.807, 2.05) is 24.3 Å². The number of nitrogens with zero attached hydrogens (tertiary/aromatic N) is 2. The Labute approximate surface area is 193 Å². The highest BCUT2D eigenvalue weighted by molar-refractivity contribution is 14.0. The van der Waals surface area contributed by atoms with E-state index in [0.29, 0.717) is 18.7 Å². The van der Waals surface area contributed by atoms with Crippen molar-refractivity contribution in [2.75, 3.05) is 25.5 Å². The molecular weight excluding hydrogens is 497 g/mol. The molecule has 0 saturated carbocycles. The Kier molecular flexibility index (Phi) is 9.15. The van der Waals surface area contributed by atoms with Crippen molar-refractivity contribution in [2.24, 2.45) is 16.6 Å². The van der Waals surface area contributed by atoms with E-state index in [0.717, 1.165) is 37.5 Å². The van der Waals surface area contributed by atoms with Crippen LogP contribution in [-0.4, -0.2) is 42.8 Å². The number of hydrogen-bond acceptors (Lipinski definition) is 4. The molecule has 9 heteroatoms. The lowest BCUT2D eigenvalue weighted by Crippen LogP contribution is -2.46. The fourth-order valence-electron chi connectivity index (χ4n) is 3.53. The summed E-state index contributed by atoms with van der Waals surface area (Å²) in [5, 5.41) is 6.17. The van der Waals surface area contributed by atoms with Gasteiger partial charge in [0.1, 0.15) is 0 Å². The molecule has 2 heterocycles. The molecule has 0 radical (unpaired) electrons. The first kappa shape index (κ1) is 23.7. The summed E-state index contributed by atoms with van der Waals surface area (Å²) in [7, 11) is 1.76. The summed E-state index contributed by atoms with van der Waals surface area (Å²) >= 11 is 0. The molecule has 1 aliphatic rings. The third kappa shape index (κ3) is 6.75. The van der Waals surface area contributed by atoms with Crippen LogP contribution in [0.1, 0.15) is 35.4 Å². The number of aliphatic imine (C=N–C) groups is 1. The molecule has 0 spiro atoms. The van der Waals surface area contributed by atoms with Gasteiger partial charge in [-0.05, 0) is 48.6 Å². The van der Waals surface area contributed by atoms with Crippen molar-refractivity contribution in [3.05, 3.63) is 54.0 Å². The number of nitrogens with one attached hydrogen (secondary N) is 2. The number of hydrogen-bond donors (Lipinski definition) is 3. The van der Waals surface area contributed by atoms with Crippen LogP contribution in [0.15, 0.2) is 52.1 Å². The highest BCUT2D eigenvalue weighted by atomic mass is 127. The van der Waals surface area contributed by atoms with Gasteiger partial charge in [0.25, 0.3) is 5.91 Å². The number of primary amides is 1. The van der Waals surface area contributed by atoms with Crippen LogP contribution in [0, 0.1) is 5.92 Å². The fraction of sp³-hybridized carbons (Fsp3) is 0.381. The van der Waals surface area contributed by atoms with Gasteiger partial charge < -0.3 is 25.7 Å². The van der Waals surface area contributed by atoms with Gasteiger partial charge in [0, 0.05) is 38.8 Å². The van der Waals surface area contributed by atoms with Crippen molar-refractivity contribution in [3.63, 3.8) is 0 Å². The SMILES string of the molecule is CN=C(NCc1ccc(NC(=O)c2ccco2)cc1)N1CCCC(CC(N)=O)C1.I. The zero-order chi connectivity index (χ0) is 20.6. The van der Waals surface area contributed by atoms with Gasteiger partial charge in [-0.25, -0.2) is 0 Å². The summed E-state index contributed by atoms with van der Waals surface area (Å²) in [6, 6.07) is 10.9. The normalized spacial score (nSPS) is 16.5. The maximum atomic E-state index is 12.0. The predicted octanol–water partition coefficient (Wildman–Crippen LogP) is 2.81. The number of benzene rings is 1. The first-order valence-corrected chi connectivity index (χ1v) is 9.73. The Morgan fingerprint density at radius 1 is 1.27 bits per heavy atom. The van der Waals surface area contributed by atoms with Crippen LogP contribution in [-0.2, 0) is 11.3 Å². The maximum Gasteiger partial charge on any atom is 0.291 e. The first-order chi connectivity index (χ1) is 14.0. The number of carbonyl (C=O) groups is 2. The lowest BCUT2D eigenvalue weighted by molar-refractivity contribution is -0.119. The number of furan rings is 1. The number of anilines is 1. The second kappa shape index (κ2) is 11.6. The minimum Gasteiger partial charge on any atom is -0.459 e. The van der Waals surface area contributed by atoms with E-state index >= 15 is 0 Å². The Hall–Kier alpha value is -2.56. The van der Waals surface area contributed by atoms with Gasteiger partial charge in [-0.3, -0.25) is 14.6 Å². The quantitative estimate of drug-likeness (QED) is 0.305. The van der Waals surface area contributed by atoms with E-state index in [2.05, 4.69) is 20.5 Å². The molecule has 0 aliphatic carbocycles. The van der Waals surface area contributed by atoms with E-state index in [1.165, 1.54) is 6.26 Å². The molecule has 1 atom stereocenters. The number of likely N-dealkylation sites (tertiary alicyclic amines) is 1. The predicted molar refractivity (Wildman–Crippen MR) is 127 cm³/mol. The van der Waals surface area contributed by atoms with Crippen molar-refractivity contribution in [1.29, 1.82) is 0 Å². The zero-order valence-corrected chi connectivity index (χ0v) is 19.3. The smallest absolute Gasteiger partial charge is 0.291 e. The van der Waals surface area contributed by atoms with E-state index < -0.39 is 0 Å². The van der Waals surface area contributed by atoms with Crippen LogP contribution in [0.5, 0.6) is 0 Å². The summed E-state index contributed by atoms with van der Waals surface area (Å²) < 4.78 is 5.09. The summed E-state index contributed by atoms with van der Waals surface area (Å²) in [4.78, 5) is 29.8. The summed E-state index contributed by atoms with van der Waals surface area (Å²) in [6.07, 6.45) is 3.91. The minimum absolute atomic E-state index is 0. The molecule has 2 amide bonds. The molecule has 1 fully saturated rings. The van der Waals surface area contributed by atoms with Crippen LogP contribution in [0.4, 0.5) is 5.69 Å². The molecule has 4 N–H and O–H groups in total. The second-order valence-corrected chi connectivity index (χ2v) is 7.15. The van der Waals surface area contributed by atoms with Gasteiger partial charge in [0.15, 0.2) is 11.7 Å². The largest absolute Gasteiger partial charge is 0.459 e. The fourth-order valence-corrected chi connectivity index (χ4v) is 3.53. The molecule has 8 nitrogen and oxygen atoms in total. The number of guanidine groups is 1. The Bertz CT molecular complexity index is 852. The molecule has 0 bridgehead atoms. The van der Waals surface area contributed by atoms with Crippen molar-refractivity contribution in [1.82, 2.24) is 10.2 Å². The molecule has 30 heavy (non-hydrogen) atoms. The average Bonchev–Trinajstić information content (AvgIpc) is 3.24. The van der Waals surface area contributed by atoms with Crippen molar-refractivity contribution in [2.45, 2.75) is 25.8 Å². The van der Waals surface area contributed by atoms with E-state index in [4.69, 9.17) is 10.2 Å². The van der Waals surface area contributed by atoms with Gasteiger partial charge in [-0.1, -0.05) is 12.1 Å². The molecule has 2 aromatic rings. The Morgan fingerprint density at radius 3 is 2.67 bits per heavy atom. The van der Waals surface area contributed by atoms with E-state index in [9.17, 15) is 9.59 Å². The van der Waals surface area contributed by atoms with Crippen LogP contribution in [0.25, 0.3) is 0 Å². The zero-order valence-electron chi connectivity index (χ0n) is 17.0. The van der Waals surface area contributed by atoms with Gasteiger partial charge >= 0.3 is 0 Å². The van der Waals surface area contributed by atoms with Crippen LogP contribution in [0.2, 0.25) is 0 Å².